The van der Waals surface area contributed by atoms with E-state index in [9.17, 15) is 4.79 Å². The Balaban J connectivity index is 4.83. The molecule has 1 atom stereocenters. The number of carbonyl (C=O) groups excluding carboxylic acids is 1. The van der Waals surface area contributed by atoms with Crippen LogP contribution in [-0.2, 0) is 4.79 Å². The molecule has 0 aromatic carbocycles. The van der Waals surface area contributed by atoms with E-state index in [-0.39, 0.29) is 22.4 Å². The van der Waals surface area contributed by atoms with E-state index in [1.807, 2.05) is 0 Å². The van der Waals surface area contributed by atoms with Crippen LogP contribution in [0.4, 0.5) is 0 Å². The fourth-order valence-electron chi connectivity index (χ4n) is 2.53. The first-order valence-electron chi connectivity index (χ1n) is 10.0. The van der Waals surface area contributed by atoms with Gasteiger partial charge in [-0.1, -0.05) is 48.0 Å². The van der Waals surface area contributed by atoms with Gasteiger partial charge in [0.15, 0.2) is 0 Å². The molecule has 4 nitrogen and oxygen atoms in total. The van der Waals surface area contributed by atoms with Gasteiger partial charge >= 0.3 is 0 Å². The third-order valence-electron chi connectivity index (χ3n) is 5.92. The molecular weight excluding hydrogens is 310 g/mol. The standard InChI is InChI=1S/C21H45N3O/c1-10-18(3,4)12-13-19(5,6)17(25)24-21(9,11-2)16-23-20(7,8)14-15-22/h23H,10-16,22H2,1-9H3,(H,24,25). The van der Waals surface area contributed by atoms with Gasteiger partial charge < -0.3 is 16.4 Å². The van der Waals surface area contributed by atoms with Gasteiger partial charge in [-0.25, -0.2) is 0 Å². The molecule has 150 valence electrons. The molecule has 0 aromatic heterocycles. The Hall–Kier alpha value is -0.610. The Bertz CT molecular complexity index is 415. The number of nitrogens with one attached hydrogen (secondary N) is 2. The lowest BCUT2D eigenvalue weighted by Crippen LogP contribution is -2.58. The molecule has 25 heavy (non-hydrogen) atoms. The van der Waals surface area contributed by atoms with E-state index < -0.39 is 0 Å². The van der Waals surface area contributed by atoms with E-state index in [4.69, 9.17) is 5.73 Å². The Morgan fingerprint density at radius 1 is 0.880 bits per heavy atom. The van der Waals surface area contributed by atoms with Crippen LogP contribution in [0.25, 0.3) is 0 Å². The smallest absolute Gasteiger partial charge is 0.226 e. The predicted molar refractivity (Wildman–Crippen MR) is 110 cm³/mol. The molecule has 0 bridgehead atoms. The number of nitrogens with two attached hydrogens (primary N) is 1. The van der Waals surface area contributed by atoms with E-state index >= 15 is 0 Å². The minimum Gasteiger partial charge on any atom is -0.349 e. The van der Waals surface area contributed by atoms with E-state index in [2.05, 4.69) is 72.9 Å². The number of amides is 1. The van der Waals surface area contributed by atoms with E-state index in [0.717, 1.165) is 38.6 Å². The lowest BCUT2D eigenvalue weighted by molar-refractivity contribution is -0.132. The van der Waals surface area contributed by atoms with E-state index in [1.54, 1.807) is 0 Å². The van der Waals surface area contributed by atoms with Crippen LogP contribution in [0.1, 0.15) is 94.4 Å². The second-order valence-corrected chi connectivity index (χ2v) is 10.0. The van der Waals surface area contributed by atoms with Crippen LogP contribution in [0.15, 0.2) is 0 Å². The summed E-state index contributed by atoms with van der Waals surface area (Å²) >= 11 is 0. The van der Waals surface area contributed by atoms with Gasteiger partial charge in [-0.15, -0.1) is 0 Å². The van der Waals surface area contributed by atoms with Crippen LogP contribution in [0.3, 0.4) is 0 Å². The minimum absolute atomic E-state index is 0.0173. The molecule has 0 aliphatic heterocycles. The van der Waals surface area contributed by atoms with Gasteiger partial charge in [0.05, 0.1) is 0 Å². The van der Waals surface area contributed by atoms with E-state index in [1.165, 1.54) is 0 Å². The third kappa shape index (κ3) is 9.05. The average Bonchev–Trinajstić information content (AvgIpc) is 2.51. The maximum atomic E-state index is 12.9. The van der Waals surface area contributed by atoms with Gasteiger partial charge in [-0.3, -0.25) is 4.79 Å². The Kier molecular flexibility index (Phi) is 9.13. The monoisotopic (exact) mass is 355 g/mol. The lowest BCUT2D eigenvalue weighted by Gasteiger charge is -2.38. The largest absolute Gasteiger partial charge is 0.349 e. The molecule has 0 aliphatic rings. The summed E-state index contributed by atoms with van der Waals surface area (Å²) in [4.78, 5) is 12.9. The van der Waals surface area contributed by atoms with Crippen LogP contribution in [0.2, 0.25) is 0 Å². The second kappa shape index (κ2) is 9.36. The van der Waals surface area contributed by atoms with Crippen molar-refractivity contribution in [2.45, 2.75) is 105 Å². The highest BCUT2D eigenvalue weighted by Gasteiger charge is 2.35. The molecule has 1 amide bonds. The van der Waals surface area contributed by atoms with Crippen LogP contribution in [-0.4, -0.2) is 30.1 Å². The highest BCUT2D eigenvalue weighted by atomic mass is 16.2. The van der Waals surface area contributed by atoms with Crippen molar-refractivity contribution < 1.29 is 4.79 Å². The number of hydrogen-bond donors (Lipinski definition) is 3. The summed E-state index contributed by atoms with van der Waals surface area (Å²) in [5.74, 6) is 0.155. The molecular formula is C21H45N3O. The van der Waals surface area contributed by atoms with E-state index in [0.29, 0.717) is 12.0 Å². The number of carbonyl (C=O) groups is 1. The van der Waals surface area contributed by atoms with Crippen molar-refractivity contribution in [3.8, 4) is 0 Å². The quantitative estimate of drug-likeness (QED) is 0.491. The predicted octanol–water partition coefficient (Wildman–Crippen LogP) is 4.23. The minimum atomic E-state index is -0.352. The fourth-order valence-corrected chi connectivity index (χ4v) is 2.53. The van der Waals surface area contributed by atoms with Crippen molar-refractivity contribution in [3.05, 3.63) is 0 Å². The summed E-state index contributed by atoms with van der Waals surface area (Å²) in [5, 5.41) is 6.90. The van der Waals surface area contributed by atoms with Gasteiger partial charge in [-0.2, -0.15) is 0 Å². The van der Waals surface area contributed by atoms with Gasteiger partial charge in [0.2, 0.25) is 5.91 Å². The second-order valence-electron chi connectivity index (χ2n) is 10.0. The van der Waals surface area contributed by atoms with Crippen LogP contribution in [0, 0.1) is 10.8 Å². The topological polar surface area (TPSA) is 67.2 Å². The van der Waals surface area contributed by atoms with Gasteiger partial charge in [0.25, 0.3) is 0 Å². The summed E-state index contributed by atoms with van der Waals surface area (Å²) in [6.45, 7) is 20.9. The van der Waals surface area contributed by atoms with Crippen LogP contribution in [0.5, 0.6) is 0 Å². The normalized spacial score (nSPS) is 15.8. The molecule has 0 aromatic rings. The SMILES string of the molecule is CCC(C)(C)CCC(C)(C)C(=O)NC(C)(CC)CNC(C)(C)CCN. The first-order chi connectivity index (χ1) is 11.2. The highest BCUT2D eigenvalue weighted by Crippen LogP contribution is 2.33. The molecule has 0 saturated carbocycles. The molecule has 0 radical (unpaired) electrons. The van der Waals surface area contributed by atoms with Crippen molar-refractivity contribution in [1.29, 1.82) is 0 Å². The molecule has 1 unspecified atom stereocenters. The number of rotatable bonds is 12. The van der Waals surface area contributed by atoms with Crippen LogP contribution >= 0.6 is 0 Å². The number of hydrogen-bond acceptors (Lipinski definition) is 3. The summed E-state index contributed by atoms with van der Waals surface area (Å²) in [6, 6.07) is 0. The van der Waals surface area contributed by atoms with Crippen molar-refractivity contribution in [2.24, 2.45) is 16.6 Å². The van der Waals surface area contributed by atoms with Gasteiger partial charge in [0, 0.05) is 23.0 Å². The summed E-state index contributed by atoms with van der Waals surface area (Å²) in [7, 11) is 0. The zero-order chi connectivity index (χ0) is 19.9. The van der Waals surface area contributed by atoms with Crippen molar-refractivity contribution in [2.75, 3.05) is 13.1 Å². The highest BCUT2D eigenvalue weighted by molar-refractivity contribution is 5.82. The van der Waals surface area contributed by atoms with Gasteiger partial charge in [-0.05, 0) is 58.4 Å². The lowest BCUT2D eigenvalue weighted by atomic mass is 9.77. The Morgan fingerprint density at radius 3 is 1.88 bits per heavy atom. The zero-order valence-corrected chi connectivity index (χ0v) is 18.4. The molecule has 0 saturated heterocycles. The van der Waals surface area contributed by atoms with Crippen LogP contribution < -0.4 is 16.4 Å². The maximum Gasteiger partial charge on any atom is 0.226 e. The fraction of sp³-hybridized carbons (Fsp3) is 0.952. The maximum absolute atomic E-state index is 12.9. The summed E-state index contributed by atoms with van der Waals surface area (Å²) < 4.78 is 0. The Morgan fingerprint density at radius 2 is 1.44 bits per heavy atom. The molecule has 4 N–H and O–H groups in total. The van der Waals surface area contributed by atoms with Gasteiger partial charge in [0.1, 0.15) is 0 Å². The molecule has 0 heterocycles. The third-order valence-corrected chi connectivity index (χ3v) is 5.92. The molecule has 0 spiro atoms. The molecule has 0 aliphatic carbocycles. The van der Waals surface area contributed by atoms with Crippen molar-refractivity contribution in [3.63, 3.8) is 0 Å². The summed E-state index contributed by atoms with van der Waals surface area (Å²) in [6.07, 6.45) is 4.91. The molecule has 4 heteroatoms. The first kappa shape index (κ1) is 24.4. The van der Waals surface area contributed by atoms with Crippen molar-refractivity contribution >= 4 is 5.91 Å². The summed E-state index contributed by atoms with van der Waals surface area (Å²) in [5.41, 5.74) is 5.37. The Labute approximate surface area is 157 Å². The first-order valence-corrected chi connectivity index (χ1v) is 10.0. The zero-order valence-electron chi connectivity index (χ0n) is 18.4. The van der Waals surface area contributed by atoms with Crippen molar-refractivity contribution in [1.82, 2.24) is 10.6 Å². The average molecular weight is 356 g/mol. The molecule has 0 rings (SSSR count). The molecule has 0 fully saturated rings.